The first-order valence-corrected chi connectivity index (χ1v) is 8.21. The molecule has 138 valence electrons. The second-order valence-electron chi connectivity index (χ2n) is 6.57. The van der Waals surface area contributed by atoms with Crippen molar-refractivity contribution in [3.8, 4) is 0 Å². The summed E-state index contributed by atoms with van der Waals surface area (Å²) in [6.45, 7) is 10.9. The number of carbonyl (C=O) groups is 2. The molecule has 0 aromatic carbocycles. The van der Waals surface area contributed by atoms with Crippen molar-refractivity contribution in [2.24, 2.45) is 5.92 Å². The molecule has 0 fully saturated rings. The number of ketones is 1. The number of aliphatic hydroxyl groups is 1. The van der Waals surface area contributed by atoms with Crippen LogP contribution >= 0.6 is 0 Å². The van der Waals surface area contributed by atoms with Gasteiger partial charge in [-0.15, -0.1) is 0 Å². The van der Waals surface area contributed by atoms with Crippen LogP contribution in [-0.2, 0) is 27.3 Å². The zero-order chi connectivity index (χ0) is 19.3. The molecule has 7 heteroatoms. The summed E-state index contributed by atoms with van der Waals surface area (Å²) in [7, 11) is 0. The van der Waals surface area contributed by atoms with Crippen molar-refractivity contribution in [1.82, 2.24) is 9.78 Å². The van der Waals surface area contributed by atoms with Crippen LogP contribution in [0.15, 0.2) is 11.3 Å². The van der Waals surface area contributed by atoms with Crippen LogP contribution in [-0.4, -0.2) is 39.0 Å². The number of ether oxygens (including phenoxy) is 1. The van der Waals surface area contributed by atoms with Crippen molar-refractivity contribution in [3.05, 3.63) is 28.3 Å². The van der Waals surface area contributed by atoms with E-state index < -0.39 is 24.1 Å². The third-order valence-electron chi connectivity index (χ3n) is 3.78. The minimum Gasteiger partial charge on any atom is -0.508 e. The Morgan fingerprint density at radius 2 is 1.88 bits per heavy atom. The lowest BCUT2D eigenvalue weighted by atomic mass is 10.1. The largest absolute Gasteiger partial charge is 0.508 e. The first kappa shape index (κ1) is 20.6. The number of esters is 1. The van der Waals surface area contributed by atoms with Crippen LogP contribution in [0.2, 0.25) is 0 Å². The molecule has 7 nitrogen and oxygen atoms in total. The van der Waals surface area contributed by atoms with Crippen molar-refractivity contribution in [2.75, 3.05) is 6.61 Å². The van der Waals surface area contributed by atoms with Gasteiger partial charge < -0.3 is 15.3 Å². The molecule has 0 saturated carbocycles. The van der Waals surface area contributed by atoms with E-state index in [2.05, 4.69) is 18.9 Å². The number of rotatable bonds is 8. The molecule has 0 atom stereocenters. The fourth-order valence-corrected chi connectivity index (χ4v) is 2.61. The lowest BCUT2D eigenvalue weighted by Crippen LogP contribution is -2.16. The highest BCUT2D eigenvalue weighted by molar-refractivity contribution is 6.19. The lowest BCUT2D eigenvalue weighted by molar-refractivity contribution is -0.142. The summed E-state index contributed by atoms with van der Waals surface area (Å²) in [6.07, 6.45) is 0.0437. The number of aryl methyl sites for hydroxylation is 1. The molecule has 0 unspecified atom stereocenters. The summed E-state index contributed by atoms with van der Waals surface area (Å²) in [5, 5.41) is 21.9. The third kappa shape index (κ3) is 5.55. The van der Waals surface area contributed by atoms with Crippen LogP contribution < -0.4 is 0 Å². The average molecular weight is 349 g/mol. The Morgan fingerprint density at radius 1 is 1.28 bits per heavy atom. The molecule has 0 aliphatic heterocycles. The van der Waals surface area contributed by atoms with Crippen LogP contribution in [0.3, 0.4) is 0 Å². The molecule has 0 radical (unpaired) electrons. The van der Waals surface area contributed by atoms with Gasteiger partial charge in [0.1, 0.15) is 12.4 Å². The quantitative estimate of drug-likeness (QED) is 0.325. The number of aromatic nitrogens is 2. The summed E-state index contributed by atoms with van der Waals surface area (Å²) in [4.78, 5) is 23.5. The smallest absolute Gasteiger partial charge is 0.310 e. The van der Waals surface area contributed by atoms with Crippen LogP contribution in [0.4, 0.5) is 0 Å². The minimum atomic E-state index is -0.521. The molecule has 0 bridgehead atoms. The minimum absolute atomic E-state index is 0.0437. The maximum atomic E-state index is 12.1. The van der Waals surface area contributed by atoms with Gasteiger partial charge in [0.15, 0.2) is 5.78 Å². The van der Waals surface area contributed by atoms with Crippen molar-refractivity contribution in [1.29, 1.82) is 5.41 Å². The molecule has 1 aromatic heterocycles. The first-order chi connectivity index (χ1) is 11.5. The van der Waals surface area contributed by atoms with Crippen LogP contribution in [0, 0.1) is 25.2 Å². The fraction of sp³-hybridized carbons (Fsp3) is 0.556. The SMILES string of the molecule is CC(=N)/C(C(C)=O)=C(/O)COC(=O)Cc1c(C)nn(CC(C)C)c1C. The zero-order valence-electron chi connectivity index (χ0n) is 15.8. The highest BCUT2D eigenvalue weighted by atomic mass is 16.5. The van der Waals surface area contributed by atoms with Gasteiger partial charge in [0, 0.05) is 23.5 Å². The summed E-state index contributed by atoms with van der Waals surface area (Å²) in [6, 6.07) is 0. The van der Waals surface area contributed by atoms with E-state index in [1.807, 2.05) is 18.5 Å². The van der Waals surface area contributed by atoms with Gasteiger partial charge in [-0.1, -0.05) is 13.8 Å². The van der Waals surface area contributed by atoms with Gasteiger partial charge in [-0.2, -0.15) is 5.10 Å². The molecular weight excluding hydrogens is 322 g/mol. The predicted molar refractivity (Wildman–Crippen MR) is 94.9 cm³/mol. The van der Waals surface area contributed by atoms with E-state index in [1.54, 1.807) is 0 Å². The second-order valence-corrected chi connectivity index (χ2v) is 6.57. The number of aliphatic hydroxyl groups excluding tert-OH is 1. The Bertz CT molecular complexity index is 698. The number of hydrogen-bond donors (Lipinski definition) is 2. The second kappa shape index (κ2) is 8.60. The molecule has 0 saturated heterocycles. The maximum absolute atomic E-state index is 12.1. The fourth-order valence-electron chi connectivity index (χ4n) is 2.61. The molecule has 0 aliphatic carbocycles. The zero-order valence-corrected chi connectivity index (χ0v) is 15.8. The summed E-state index contributed by atoms with van der Waals surface area (Å²) < 4.78 is 6.94. The van der Waals surface area contributed by atoms with Crippen LogP contribution in [0.1, 0.15) is 44.6 Å². The van der Waals surface area contributed by atoms with Crippen molar-refractivity contribution < 1.29 is 19.4 Å². The van der Waals surface area contributed by atoms with Gasteiger partial charge in [-0.25, -0.2) is 0 Å². The van der Waals surface area contributed by atoms with Gasteiger partial charge in [-0.3, -0.25) is 14.3 Å². The van der Waals surface area contributed by atoms with Gasteiger partial charge >= 0.3 is 5.97 Å². The Balaban J connectivity index is 2.81. The van der Waals surface area contributed by atoms with Gasteiger partial charge in [0.2, 0.25) is 0 Å². The number of carbonyl (C=O) groups excluding carboxylic acids is 2. The standard InChI is InChI=1S/C18H27N3O4/c1-10(2)8-21-13(5)15(12(4)20-21)7-17(24)25-9-16(23)18(11(3)19)14(6)22/h10,19,23H,7-9H2,1-6H3/b18-16-,19-11?. The number of nitrogens with one attached hydrogen (secondary N) is 1. The molecule has 2 N–H and O–H groups in total. The number of Topliss-reactive ketones (excluding diaryl/α,β-unsaturated/α-hetero) is 1. The highest BCUT2D eigenvalue weighted by Crippen LogP contribution is 2.16. The van der Waals surface area contributed by atoms with E-state index in [0.29, 0.717) is 5.92 Å². The van der Waals surface area contributed by atoms with E-state index in [0.717, 1.165) is 23.5 Å². The Morgan fingerprint density at radius 3 is 2.36 bits per heavy atom. The molecule has 1 aromatic rings. The van der Waals surface area contributed by atoms with E-state index in [1.165, 1.54) is 13.8 Å². The molecular formula is C18H27N3O4. The van der Waals surface area contributed by atoms with E-state index >= 15 is 0 Å². The van der Waals surface area contributed by atoms with Crippen molar-refractivity contribution >= 4 is 17.5 Å². The van der Waals surface area contributed by atoms with E-state index in [4.69, 9.17) is 10.1 Å². The molecule has 25 heavy (non-hydrogen) atoms. The van der Waals surface area contributed by atoms with E-state index in [9.17, 15) is 14.7 Å². The lowest BCUT2D eigenvalue weighted by Gasteiger charge is -2.09. The molecule has 0 amide bonds. The van der Waals surface area contributed by atoms with Gasteiger partial charge in [-0.05, 0) is 33.6 Å². The Kier molecular flexibility index (Phi) is 7.09. The normalized spacial score (nSPS) is 12.1. The molecule has 0 aliphatic rings. The Labute approximate surface area is 148 Å². The highest BCUT2D eigenvalue weighted by Gasteiger charge is 2.18. The third-order valence-corrected chi connectivity index (χ3v) is 3.78. The molecule has 1 rings (SSSR count). The van der Waals surface area contributed by atoms with Gasteiger partial charge in [0.05, 0.1) is 17.7 Å². The number of allylic oxidation sites excluding steroid dienone is 1. The van der Waals surface area contributed by atoms with Crippen molar-refractivity contribution in [3.63, 3.8) is 0 Å². The van der Waals surface area contributed by atoms with Crippen LogP contribution in [0.25, 0.3) is 0 Å². The number of hydrogen-bond acceptors (Lipinski definition) is 6. The summed E-state index contributed by atoms with van der Waals surface area (Å²) in [5.41, 5.74) is 2.31. The Hall–Kier alpha value is -2.44. The number of nitrogens with zero attached hydrogens (tertiary/aromatic N) is 2. The monoisotopic (exact) mass is 349 g/mol. The van der Waals surface area contributed by atoms with E-state index in [-0.39, 0.29) is 17.7 Å². The maximum Gasteiger partial charge on any atom is 0.310 e. The topological polar surface area (TPSA) is 105 Å². The molecule has 0 spiro atoms. The molecule has 1 heterocycles. The average Bonchev–Trinajstić information content (AvgIpc) is 2.71. The van der Waals surface area contributed by atoms with Crippen LogP contribution in [0.5, 0.6) is 0 Å². The van der Waals surface area contributed by atoms with Gasteiger partial charge in [0.25, 0.3) is 0 Å². The summed E-state index contributed by atoms with van der Waals surface area (Å²) in [5.74, 6) is -0.929. The predicted octanol–water partition coefficient (Wildman–Crippen LogP) is 2.68. The first-order valence-electron chi connectivity index (χ1n) is 8.21. The summed E-state index contributed by atoms with van der Waals surface area (Å²) >= 11 is 0. The van der Waals surface area contributed by atoms with Crippen molar-refractivity contribution in [2.45, 2.75) is 54.5 Å².